The lowest BCUT2D eigenvalue weighted by molar-refractivity contribution is -0.106. The van der Waals surface area contributed by atoms with Gasteiger partial charge in [-0.25, -0.2) is 8.78 Å². The highest BCUT2D eigenvalue weighted by Crippen LogP contribution is 2.68. The van der Waals surface area contributed by atoms with E-state index in [0.717, 1.165) is 45.1 Å². The molecule has 3 nitrogen and oxygen atoms in total. The monoisotopic (exact) mass is 326 g/mol. The Morgan fingerprint density at radius 2 is 1.70 bits per heavy atom. The lowest BCUT2D eigenvalue weighted by Gasteiger charge is -2.52. The Balaban J connectivity index is 1.20. The lowest BCUT2D eigenvalue weighted by Crippen LogP contribution is -2.68. The van der Waals surface area contributed by atoms with Crippen molar-refractivity contribution in [2.75, 3.05) is 13.1 Å². The van der Waals surface area contributed by atoms with Gasteiger partial charge in [0.15, 0.2) is 0 Å². The Morgan fingerprint density at radius 1 is 1.04 bits per heavy atom. The van der Waals surface area contributed by atoms with Crippen LogP contribution in [0.15, 0.2) is 0 Å². The number of ether oxygens (including phenoxy) is 1. The molecule has 130 valence electrons. The zero-order valence-electron chi connectivity index (χ0n) is 13.8. The van der Waals surface area contributed by atoms with E-state index in [-0.39, 0.29) is 23.2 Å². The molecule has 3 N–H and O–H groups in total. The zero-order valence-corrected chi connectivity index (χ0v) is 13.8. The van der Waals surface area contributed by atoms with Crippen LogP contribution in [-0.4, -0.2) is 35.8 Å². The summed E-state index contributed by atoms with van der Waals surface area (Å²) < 4.78 is 33.4. The quantitative estimate of drug-likeness (QED) is 0.835. The standard InChI is InChI=1S/C18H28F2N2O/c19-18(20)9-14(18)6-2-13(3-7-14)8-22-16-10-15(11-16,12-21)23-17(16)4-1-5-17/h13,22H,1-12,21H2. The van der Waals surface area contributed by atoms with Gasteiger partial charge in [0, 0.05) is 18.4 Å². The van der Waals surface area contributed by atoms with E-state index < -0.39 is 11.3 Å². The third-order valence-electron chi connectivity index (χ3n) is 8.07. The van der Waals surface area contributed by atoms with Crippen LogP contribution in [0.4, 0.5) is 8.78 Å². The van der Waals surface area contributed by atoms with Crippen molar-refractivity contribution in [3.05, 3.63) is 0 Å². The second-order valence-corrected chi connectivity index (χ2v) is 9.26. The van der Waals surface area contributed by atoms with Crippen LogP contribution in [0.25, 0.3) is 0 Å². The molecule has 4 aliphatic carbocycles. The first-order valence-corrected chi connectivity index (χ1v) is 9.41. The van der Waals surface area contributed by atoms with Crippen molar-refractivity contribution < 1.29 is 13.5 Å². The second-order valence-electron chi connectivity index (χ2n) is 9.26. The molecule has 0 aromatic heterocycles. The Hall–Kier alpha value is -0.260. The van der Waals surface area contributed by atoms with Gasteiger partial charge in [-0.05, 0) is 70.3 Å². The molecule has 0 amide bonds. The molecule has 0 unspecified atom stereocenters. The Kier molecular flexibility index (Phi) is 2.80. The van der Waals surface area contributed by atoms with Crippen molar-refractivity contribution in [1.29, 1.82) is 0 Å². The molecule has 5 heteroatoms. The number of nitrogens with two attached hydrogens (primary N) is 1. The SMILES string of the molecule is NCC12CC(NCC3CCC4(CC3)CC4(F)F)(C1)C1(CCC1)O2. The molecule has 0 atom stereocenters. The van der Waals surface area contributed by atoms with Crippen molar-refractivity contribution in [3.63, 3.8) is 0 Å². The highest BCUT2D eigenvalue weighted by molar-refractivity contribution is 5.30. The number of hydrogen-bond donors (Lipinski definition) is 2. The van der Waals surface area contributed by atoms with E-state index in [1.54, 1.807) is 0 Å². The summed E-state index contributed by atoms with van der Waals surface area (Å²) in [5, 5.41) is 3.85. The third kappa shape index (κ3) is 1.79. The molecule has 2 heterocycles. The summed E-state index contributed by atoms with van der Waals surface area (Å²) >= 11 is 0. The number of nitrogens with one attached hydrogen (secondary N) is 1. The van der Waals surface area contributed by atoms with E-state index in [2.05, 4.69) is 5.32 Å². The molecular formula is C18H28F2N2O. The van der Waals surface area contributed by atoms with Crippen LogP contribution in [-0.2, 0) is 4.74 Å². The highest BCUT2D eigenvalue weighted by atomic mass is 19.3. The molecule has 2 spiro atoms. The molecule has 2 aliphatic heterocycles. The predicted molar refractivity (Wildman–Crippen MR) is 83.4 cm³/mol. The molecule has 6 rings (SSSR count). The fourth-order valence-corrected chi connectivity index (χ4v) is 6.20. The predicted octanol–water partition coefficient (Wildman–Crippen LogP) is 2.97. The van der Waals surface area contributed by atoms with Crippen molar-refractivity contribution in [2.24, 2.45) is 17.1 Å². The van der Waals surface area contributed by atoms with Gasteiger partial charge >= 0.3 is 0 Å². The average molecular weight is 326 g/mol. The van der Waals surface area contributed by atoms with E-state index in [4.69, 9.17) is 10.5 Å². The summed E-state index contributed by atoms with van der Waals surface area (Å²) in [4.78, 5) is 0. The van der Waals surface area contributed by atoms with Crippen molar-refractivity contribution >= 4 is 0 Å². The maximum atomic E-state index is 13.5. The minimum absolute atomic E-state index is 0.0335. The summed E-state index contributed by atoms with van der Waals surface area (Å²) in [7, 11) is 0. The Bertz CT molecular complexity index is 517. The number of alkyl halides is 2. The van der Waals surface area contributed by atoms with Crippen LogP contribution in [0.5, 0.6) is 0 Å². The van der Waals surface area contributed by atoms with E-state index in [1.807, 2.05) is 0 Å². The second kappa shape index (κ2) is 4.28. The fraction of sp³-hybridized carbons (Fsp3) is 1.00. The highest BCUT2D eigenvalue weighted by Gasteiger charge is 2.75. The van der Waals surface area contributed by atoms with E-state index in [0.29, 0.717) is 25.3 Å². The van der Waals surface area contributed by atoms with Crippen LogP contribution < -0.4 is 11.1 Å². The van der Waals surface area contributed by atoms with Gasteiger partial charge in [-0.2, -0.15) is 0 Å². The Morgan fingerprint density at radius 3 is 2.17 bits per heavy atom. The molecule has 6 aliphatic rings. The van der Waals surface area contributed by atoms with Gasteiger partial charge < -0.3 is 15.8 Å². The number of rotatable bonds is 4. The average Bonchev–Trinajstić information content (AvgIpc) is 2.81. The molecule has 2 bridgehead atoms. The zero-order chi connectivity index (χ0) is 16.0. The molecule has 23 heavy (non-hydrogen) atoms. The van der Waals surface area contributed by atoms with Crippen LogP contribution in [0, 0.1) is 11.3 Å². The summed E-state index contributed by atoms with van der Waals surface area (Å²) in [6, 6.07) is 0. The molecule has 0 aromatic carbocycles. The first-order chi connectivity index (χ1) is 10.9. The fourth-order valence-electron chi connectivity index (χ4n) is 6.20. The van der Waals surface area contributed by atoms with Gasteiger partial charge in [0.1, 0.15) is 0 Å². The summed E-state index contributed by atoms with van der Waals surface area (Å²) in [6.45, 7) is 1.59. The van der Waals surface area contributed by atoms with Crippen LogP contribution >= 0.6 is 0 Å². The maximum Gasteiger partial charge on any atom is 0.254 e. The first kappa shape index (κ1) is 15.0. The van der Waals surface area contributed by atoms with Crippen molar-refractivity contribution in [3.8, 4) is 0 Å². The minimum atomic E-state index is -2.37. The largest absolute Gasteiger partial charge is 0.365 e. The summed E-state index contributed by atoms with van der Waals surface area (Å²) in [5.41, 5.74) is 5.42. The molecule has 0 aromatic rings. The van der Waals surface area contributed by atoms with E-state index in [9.17, 15) is 8.78 Å². The van der Waals surface area contributed by atoms with Crippen LogP contribution in [0.3, 0.4) is 0 Å². The molecule has 2 saturated heterocycles. The molecule has 4 saturated carbocycles. The third-order valence-corrected chi connectivity index (χ3v) is 8.07. The van der Waals surface area contributed by atoms with Gasteiger partial charge in [-0.1, -0.05) is 0 Å². The van der Waals surface area contributed by atoms with Crippen LogP contribution in [0.2, 0.25) is 0 Å². The van der Waals surface area contributed by atoms with Gasteiger partial charge in [0.2, 0.25) is 0 Å². The lowest BCUT2D eigenvalue weighted by atomic mass is 9.56. The number of halogens is 2. The maximum absolute atomic E-state index is 13.5. The van der Waals surface area contributed by atoms with Crippen molar-refractivity contribution in [2.45, 2.75) is 86.9 Å². The molecule has 6 fully saturated rings. The topological polar surface area (TPSA) is 47.3 Å². The normalized spacial score (nSPS) is 45.0. The van der Waals surface area contributed by atoms with E-state index in [1.165, 1.54) is 6.42 Å². The van der Waals surface area contributed by atoms with E-state index >= 15 is 0 Å². The smallest absolute Gasteiger partial charge is 0.254 e. The van der Waals surface area contributed by atoms with Gasteiger partial charge in [-0.3, -0.25) is 0 Å². The summed E-state index contributed by atoms with van der Waals surface area (Å²) in [6.07, 6.45) is 9.13. The van der Waals surface area contributed by atoms with Gasteiger partial charge in [0.25, 0.3) is 5.92 Å². The van der Waals surface area contributed by atoms with Crippen LogP contribution in [0.1, 0.15) is 64.2 Å². The molecular weight excluding hydrogens is 298 g/mol. The first-order valence-electron chi connectivity index (χ1n) is 9.41. The van der Waals surface area contributed by atoms with Gasteiger partial charge in [-0.15, -0.1) is 0 Å². The van der Waals surface area contributed by atoms with Gasteiger partial charge in [0.05, 0.1) is 16.7 Å². The minimum Gasteiger partial charge on any atom is -0.365 e. The number of hydrogen-bond acceptors (Lipinski definition) is 3. The Labute approximate surface area is 136 Å². The summed E-state index contributed by atoms with van der Waals surface area (Å²) in [5.74, 6) is -1.81. The molecule has 0 radical (unpaired) electrons. The van der Waals surface area contributed by atoms with Crippen molar-refractivity contribution in [1.82, 2.24) is 5.32 Å².